The molecule has 0 radical (unpaired) electrons. The lowest BCUT2D eigenvalue weighted by Crippen LogP contribution is -2.47. The molecule has 0 aliphatic carbocycles. The molecule has 0 unspecified atom stereocenters. The second-order valence-corrected chi connectivity index (χ2v) is 6.49. The first-order valence-corrected chi connectivity index (χ1v) is 7.39. The fourth-order valence-corrected chi connectivity index (χ4v) is 3.08. The summed E-state index contributed by atoms with van der Waals surface area (Å²) < 4.78 is 26.9. The smallest absolute Gasteiger partial charge is 0.324 e. The summed E-state index contributed by atoms with van der Waals surface area (Å²) >= 11 is 0. The first-order chi connectivity index (χ1) is 9.17. The number of hydrogen-bond donors (Lipinski definition) is 2. The molecular formula is C12H19N3O4S. The summed E-state index contributed by atoms with van der Waals surface area (Å²) in [5, 5.41) is 8.95. The van der Waals surface area contributed by atoms with Gasteiger partial charge in [-0.2, -0.15) is 12.7 Å². The highest BCUT2D eigenvalue weighted by molar-refractivity contribution is 7.90. The molecule has 0 atom stereocenters. The molecule has 0 amide bonds. The predicted octanol–water partition coefficient (Wildman–Crippen LogP) is 0.745. The van der Waals surface area contributed by atoms with Crippen molar-refractivity contribution in [1.82, 2.24) is 4.31 Å². The van der Waals surface area contributed by atoms with Crippen molar-refractivity contribution in [3.8, 4) is 0 Å². The quantitative estimate of drug-likeness (QED) is 0.754. The Balaban J connectivity index is 3.34. The summed E-state index contributed by atoms with van der Waals surface area (Å²) in [7, 11) is -2.57. The van der Waals surface area contributed by atoms with Gasteiger partial charge in [0.05, 0.1) is 11.4 Å². The van der Waals surface area contributed by atoms with E-state index in [-0.39, 0.29) is 17.4 Å². The Bertz CT molecular complexity index is 586. The molecule has 0 aromatic heterocycles. The number of nitrogens with zero attached hydrogens (tertiary/aromatic N) is 2. The van der Waals surface area contributed by atoms with Gasteiger partial charge in [-0.15, -0.1) is 0 Å². The fourth-order valence-electron chi connectivity index (χ4n) is 1.55. The van der Waals surface area contributed by atoms with E-state index in [1.165, 1.54) is 19.2 Å². The second-order valence-electron chi connectivity index (χ2n) is 4.58. The van der Waals surface area contributed by atoms with E-state index in [9.17, 15) is 13.2 Å². The number of rotatable bonds is 6. The van der Waals surface area contributed by atoms with E-state index in [2.05, 4.69) is 0 Å². The molecule has 0 fully saturated rings. The molecule has 0 heterocycles. The Hall–Kier alpha value is -1.80. The highest BCUT2D eigenvalue weighted by Crippen LogP contribution is 2.26. The van der Waals surface area contributed by atoms with E-state index in [4.69, 9.17) is 10.8 Å². The van der Waals surface area contributed by atoms with Gasteiger partial charge in [0.15, 0.2) is 0 Å². The second kappa shape index (κ2) is 6.10. The Labute approximate surface area is 118 Å². The van der Waals surface area contributed by atoms with Crippen molar-refractivity contribution in [2.45, 2.75) is 19.9 Å². The summed E-state index contributed by atoms with van der Waals surface area (Å²) in [6.07, 6.45) is 0. The number of carboxylic acids is 1. The highest BCUT2D eigenvalue weighted by Gasteiger charge is 2.31. The van der Waals surface area contributed by atoms with Crippen LogP contribution in [0.5, 0.6) is 0 Å². The minimum atomic E-state index is -3.97. The zero-order valence-electron chi connectivity index (χ0n) is 11.6. The molecule has 20 heavy (non-hydrogen) atoms. The van der Waals surface area contributed by atoms with Crippen LogP contribution in [0, 0.1) is 0 Å². The third-order valence-electron chi connectivity index (χ3n) is 2.85. The first kappa shape index (κ1) is 16.3. The van der Waals surface area contributed by atoms with Crippen LogP contribution in [-0.2, 0) is 15.0 Å². The van der Waals surface area contributed by atoms with Crippen LogP contribution in [0.25, 0.3) is 0 Å². The SMILES string of the molecule is CC(C)N(C)S(=O)(=O)N(CC(=O)O)c1ccccc1N. The minimum Gasteiger partial charge on any atom is -0.480 e. The number of anilines is 2. The zero-order valence-corrected chi connectivity index (χ0v) is 12.5. The van der Waals surface area contributed by atoms with E-state index in [1.54, 1.807) is 26.0 Å². The van der Waals surface area contributed by atoms with Gasteiger partial charge in [0.1, 0.15) is 6.54 Å². The molecule has 0 saturated carbocycles. The molecule has 1 aromatic rings. The standard InChI is InChI=1S/C12H19N3O4S/c1-9(2)14(3)20(18,19)15(8-12(16)17)11-7-5-4-6-10(11)13/h4-7,9H,8,13H2,1-3H3,(H,16,17). The van der Waals surface area contributed by atoms with Crippen molar-refractivity contribution in [1.29, 1.82) is 0 Å². The van der Waals surface area contributed by atoms with Crippen LogP contribution >= 0.6 is 0 Å². The molecule has 8 heteroatoms. The zero-order chi connectivity index (χ0) is 15.5. The van der Waals surface area contributed by atoms with Gasteiger partial charge < -0.3 is 10.8 Å². The van der Waals surface area contributed by atoms with E-state index in [1.807, 2.05) is 0 Å². The third kappa shape index (κ3) is 3.40. The predicted molar refractivity (Wildman–Crippen MR) is 77.7 cm³/mol. The van der Waals surface area contributed by atoms with Gasteiger partial charge >= 0.3 is 16.2 Å². The number of benzene rings is 1. The third-order valence-corrected chi connectivity index (χ3v) is 4.89. The Kier molecular flexibility index (Phi) is 4.96. The van der Waals surface area contributed by atoms with Crippen molar-refractivity contribution in [3.05, 3.63) is 24.3 Å². The number of para-hydroxylation sites is 2. The van der Waals surface area contributed by atoms with Crippen LogP contribution in [0.3, 0.4) is 0 Å². The highest BCUT2D eigenvalue weighted by atomic mass is 32.2. The Morgan fingerprint density at radius 3 is 2.35 bits per heavy atom. The molecule has 0 aliphatic rings. The van der Waals surface area contributed by atoms with Crippen LogP contribution in [0.2, 0.25) is 0 Å². The number of nitrogen functional groups attached to an aromatic ring is 1. The lowest BCUT2D eigenvalue weighted by molar-refractivity contribution is -0.135. The molecule has 0 saturated heterocycles. The van der Waals surface area contributed by atoms with Crippen molar-refractivity contribution in [3.63, 3.8) is 0 Å². The van der Waals surface area contributed by atoms with E-state index in [0.717, 1.165) is 8.61 Å². The van der Waals surface area contributed by atoms with Crippen molar-refractivity contribution < 1.29 is 18.3 Å². The molecule has 0 aliphatic heterocycles. The number of hydrogen-bond acceptors (Lipinski definition) is 4. The van der Waals surface area contributed by atoms with Gasteiger partial charge in [0.25, 0.3) is 0 Å². The van der Waals surface area contributed by atoms with Crippen LogP contribution in [0.15, 0.2) is 24.3 Å². The maximum Gasteiger partial charge on any atom is 0.324 e. The lowest BCUT2D eigenvalue weighted by Gasteiger charge is -2.30. The van der Waals surface area contributed by atoms with Gasteiger partial charge in [-0.3, -0.25) is 4.79 Å². The summed E-state index contributed by atoms with van der Waals surface area (Å²) in [5.41, 5.74) is 6.11. The average molecular weight is 301 g/mol. The van der Waals surface area contributed by atoms with E-state index >= 15 is 0 Å². The molecule has 7 nitrogen and oxygen atoms in total. The van der Waals surface area contributed by atoms with Gasteiger partial charge in [0, 0.05) is 13.1 Å². The maximum atomic E-state index is 12.5. The summed E-state index contributed by atoms with van der Waals surface area (Å²) in [4.78, 5) is 11.0. The summed E-state index contributed by atoms with van der Waals surface area (Å²) in [5.74, 6) is -1.26. The molecule has 0 bridgehead atoms. The molecule has 0 spiro atoms. The van der Waals surface area contributed by atoms with Crippen molar-refractivity contribution in [2.24, 2.45) is 0 Å². The average Bonchev–Trinajstić information content (AvgIpc) is 2.35. The molecule has 1 aromatic carbocycles. The van der Waals surface area contributed by atoms with Gasteiger partial charge in [-0.1, -0.05) is 12.1 Å². The van der Waals surface area contributed by atoms with Gasteiger partial charge in [0.2, 0.25) is 0 Å². The van der Waals surface area contributed by atoms with Crippen LogP contribution in [-0.4, -0.2) is 43.4 Å². The normalized spacial score (nSPS) is 11.8. The van der Waals surface area contributed by atoms with Crippen molar-refractivity contribution >= 4 is 27.6 Å². The van der Waals surface area contributed by atoms with Crippen LogP contribution in [0.1, 0.15) is 13.8 Å². The first-order valence-electron chi connectivity index (χ1n) is 6.00. The number of aliphatic carboxylic acids is 1. The summed E-state index contributed by atoms with van der Waals surface area (Å²) in [6.45, 7) is 2.71. The fraction of sp³-hybridized carbons (Fsp3) is 0.417. The number of carbonyl (C=O) groups is 1. The Morgan fingerprint density at radius 2 is 1.90 bits per heavy atom. The van der Waals surface area contributed by atoms with E-state index in [0.29, 0.717) is 0 Å². The largest absolute Gasteiger partial charge is 0.480 e. The molecular weight excluding hydrogens is 282 g/mol. The lowest BCUT2D eigenvalue weighted by atomic mass is 10.3. The van der Waals surface area contributed by atoms with Gasteiger partial charge in [-0.05, 0) is 26.0 Å². The van der Waals surface area contributed by atoms with Crippen molar-refractivity contribution in [2.75, 3.05) is 23.6 Å². The molecule has 112 valence electrons. The summed E-state index contributed by atoms with van der Waals surface area (Å²) in [6, 6.07) is 5.95. The molecule has 1 rings (SSSR count). The number of nitrogens with two attached hydrogens (primary N) is 1. The van der Waals surface area contributed by atoms with E-state index < -0.39 is 22.7 Å². The van der Waals surface area contributed by atoms with Crippen LogP contribution < -0.4 is 10.0 Å². The van der Waals surface area contributed by atoms with Gasteiger partial charge in [-0.25, -0.2) is 4.31 Å². The minimum absolute atomic E-state index is 0.155. The molecule has 3 N–H and O–H groups in total. The number of carboxylic acid groups (broad SMARTS) is 1. The monoisotopic (exact) mass is 301 g/mol. The topological polar surface area (TPSA) is 104 Å². The Morgan fingerprint density at radius 1 is 1.35 bits per heavy atom. The van der Waals surface area contributed by atoms with Crippen LogP contribution in [0.4, 0.5) is 11.4 Å². The maximum absolute atomic E-state index is 12.5.